The Bertz CT molecular complexity index is 488. The molecule has 0 amide bonds. The number of hydrogen-bond donors (Lipinski definition) is 1. The molecule has 4 nitrogen and oxygen atoms in total. The van der Waals surface area contributed by atoms with Crippen LogP contribution in [0.2, 0.25) is 0 Å². The van der Waals surface area contributed by atoms with Crippen molar-refractivity contribution in [2.45, 2.75) is 33.1 Å². The van der Waals surface area contributed by atoms with E-state index in [4.69, 9.17) is 10.3 Å². The summed E-state index contributed by atoms with van der Waals surface area (Å²) in [5.74, 6) is 2.06. The summed E-state index contributed by atoms with van der Waals surface area (Å²) in [6.45, 7) is 4.29. The summed E-state index contributed by atoms with van der Waals surface area (Å²) in [7, 11) is 0. The lowest BCUT2D eigenvalue weighted by molar-refractivity contribution is 0.371. The largest absolute Gasteiger partial charge is 0.399 e. The average molecular weight is 245 g/mol. The summed E-state index contributed by atoms with van der Waals surface area (Å²) in [4.78, 5) is 4.38. The second-order valence-corrected chi connectivity index (χ2v) is 4.94. The van der Waals surface area contributed by atoms with E-state index in [2.05, 4.69) is 24.0 Å². The van der Waals surface area contributed by atoms with Gasteiger partial charge in [0.15, 0.2) is 5.82 Å². The Morgan fingerprint density at radius 2 is 1.89 bits per heavy atom. The van der Waals surface area contributed by atoms with Crippen LogP contribution in [0.3, 0.4) is 0 Å². The fraction of sp³-hybridized carbons (Fsp3) is 0.429. The summed E-state index contributed by atoms with van der Waals surface area (Å²) < 4.78 is 5.23. The van der Waals surface area contributed by atoms with E-state index >= 15 is 0 Å². The molecule has 0 atom stereocenters. The molecule has 0 radical (unpaired) electrons. The Hall–Kier alpha value is -1.84. The highest BCUT2D eigenvalue weighted by Crippen LogP contribution is 2.10. The third kappa shape index (κ3) is 3.58. The van der Waals surface area contributed by atoms with Gasteiger partial charge in [0.05, 0.1) is 0 Å². The molecule has 96 valence electrons. The fourth-order valence-corrected chi connectivity index (χ4v) is 1.78. The molecule has 0 bridgehead atoms. The van der Waals surface area contributed by atoms with Gasteiger partial charge in [-0.3, -0.25) is 0 Å². The Labute approximate surface area is 107 Å². The highest BCUT2D eigenvalue weighted by Gasteiger charge is 2.08. The molecule has 0 saturated carbocycles. The van der Waals surface area contributed by atoms with Crippen molar-refractivity contribution in [1.29, 1.82) is 0 Å². The highest BCUT2D eigenvalue weighted by atomic mass is 16.5. The van der Waals surface area contributed by atoms with Gasteiger partial charge in [-0.05, 0) is 30.0 Å². The first-order valence-electron chi connectivity index (χ1n) is 6.29. The molecule has 0 aliphatic rings. The SMILES string of the molecule is CC(C)Cc1noc(CCc2ccc(N)cc2)n1. The number of nitrogen functional groups attached to an aromatic ring is 1. The number of rotatable bonds is 5. The Balaban J connectivity index is 1.90. The minimum absolute atomic E-state index is 0.549. The Morgan fingerprint density at radius 3 is 2.56 bits per heavy atom. The van der Waals surface area contributed by atoms with Crippen molar-refractivity contribution in [2.24, 2.45) is 5.92 Å². The lowest BCUT2D eigenvalue weighted by atomic mass is 10.1. The molecular weight excluding hydrogens is 226 g/mol. The van der Waals surface area contributed by atoms with Gasteiger partial charge >= 0.3 is 0 Å². The lowest BCUT2D eigenvalue weighted by Gasteiger charge is -1.99. The van der Waals surface area contributed by atoms with Crippen LogP contribution in [-0.2, 0) is 19.3 Å². The van der Waals surface area contributed by atoms with Crippen molar-refractivity contribution in [2.75, 3.05) is 5.73 Å². The third-order valence-corrected chi connectivity index (χ3v) is 2.71. The van der Waals surface area contributed by atoms with Crippen LogP contribution in [-0.4, -0.2) is 10.1 Å². The molecule has 1 aromatic heterocycles. The van der Waals surface area contributed by atoms with Crippen molar-refractivity contribution < 1.29 is 4.52 Å². The van der Waals surface area contributed by atoms with Gasteiger partial charge in [-0.25, -0.2) is 0 Å². The second kappa shape index (κ2) is 5.67. The first-order chi connectivity index (χ1) is 8.63. The molecule has 1 aromatic carbocycles. The molecule has 2 N–H and O–H groups in total. The normalized spacial score (nSPS) is 11.1. The van der Waals surface area contributed by atoms with E-state index in [9.17, 15) is 0 Å². The molecule has 18 heavy (non-hydrogen) atoms. The van der Waals surface area contributed by atoms with Crippen LogP contribution in [0.1, 0.15) is 31.1 Å². The molecule has 0 fully saturated rings. The van der Waals surface area contributed by atoms with E-state index in [1.807, 2.05) is 24.3 Å². The van der Waals surface area contributed by atoms with Gasteiger partial charge < -0.3 is 10.3 Å². The number of aromatic nitrogens is 2. The standard InChI is InChI=1S/C14H19N3O/c1-10(2)9-13-16-14(18-17-13)8-5-11-3-6-12(15)7-4-11/h3-4,6-7,10H,5,8-9,15H2,1-2H3. The molecule has 4 heteroatoms. The van der Waals surface area contributed by atoms with Gasteiger partial charge in [0.1, 0.15) is 0 Å². The number of anilines is 1. The van der Waals surface area contributed by atoms with E-state index in [0.717, 1.165) is 30.8 Å². The van der Waals surface area contributed by atoms with Crippen LogP contribution >= 0.6 is 0 Å². The molecule has 0 spiro atoms. The molecule has 0 aliphatic carbocycles. The number of nitrogens with two attached hydrogens (primary N) is 1. The monoisotopic (exact) mass is 245 g/mol. The van der Waals surface area contributed by atoms with E-state index < -0.39 is 0 Å². The van der Waals surface area contributed by atoms with Gasteiger partial charge in [-0.2, -0.15) is 4.98 Å². The van der Waals surface area contributed by atoms with Crippen molar-refractivity contribution in [3.8, 4) is 0 Å². The predicted octanol–water partition coefficient (Wildman–Crippen LogP) is 2.64. The van der Waals surface area contributed by atoms with E-state index in [0.29, 0.717) is 11.8 Å². The smallest absolute Gasteiger partial charge is 0.226 e. The van der Waals surface area contributed by atoms with Gasteiger partial charge in [-0.1, -0.05) is 31.1 Å². The summed E-state index contributed by atoms with van der Waals surface area (Å²) in [6.07, 6.45) is 2.53. The van der Waals surface area contributed by atoms with Crippen LogP contribution in [0.4, 0.5) is 5.69 Å². The van der Waals surface area contributed by atoms with Crippen LogP contribution in [0, 0.1) is 5.92 Å². The maximum Gasteiger partial charge on any atom is 0.226 e. The van der Waals surface area contributed by atoms with Crippen molar-refractivity contribution >= 4 is 5.69 Å². The van der Waals surface area contributed by atoms with Gasteiger partial charge in [0.25, 0.3) is 0 Å². The maximum atomic E-state index is 5.64. The molecule has 0 saturated heterocycles. The average Bonchev–Trinajstić information content (AvgIpc) is 2.75. The number of benzene rings is 1. The molecule has 2 aromatic rings. The van der Waals surface area contributed by atoms with E-state index in [1.165, 1.54) is 5.56 Å². The second-order valence-electron chi connectivity index (χ2n) is 4.94. The molecule has 0 unspecified atom stereocenters. The molecule has 2 rings (SSSR count). The summed E-state index contributed by atoms with van der Waals surface area (Å²) >= 11 is 0. The van der Waals surface area contributed by atoms with Crippen LogP contribution < -0.4 is 5.73 Å². The quantitative estimate of drug-likeness (QED) is 0.822. The first kappa shape index (κ1) is 12.6. The first-order valence-corrected chi connectivity index (χ1v) is 6.29. The molecular formula is C14H19N3O. The van der Waals surface area contributed by atoms with E-state index in [1.54, 1.807) is 0 Å². The number of nitrogens with zero attached hydrogens (tertiary/aromatic N) is 2. The minimum Gasteiger partial charge on any atom is -0.399 e. The van der Waals surface area contributed by atoms with Crippen LogP contribution in [0.25, 0.3) is 0 Å². The molecule has 0 aliphatic heterocycles. The summed E-state index contributed by atoms with van der Waals surface area (Å²) in [6, 6.07) is 7.88. The van der Waals surface area contributed by atoms with Crippen molar-refractivity contribution in [1.82, 2.24) is 10.1 Å². The Kier molecular flexibility index (Phi) is 3.97. The van der Waals surface area contributed by atoms with Gasteiger partial charge in [0, 0.05) is 18.5 Å². The Morgan fingerprint density at radius 1 is 1.17 bits per heavy atom. The lowest BCUT2D eigenvalue weighted by Crippen LogP contribution is -1.97. The number of hydrogen-bond acceptors (Lipinski definition) is 4. The fourth-order valence-electron chi connectivity index (χ4n) is 1.78. The van der Waals surface area contributed by atoms with Crippen LogP contribution in [0.5, 0.6) is 0 Å². The zero-order chi connectivity index (χ0) is 13.0. The van der Waals surface area contributed by atoms with Gasteiger partial charge in [0.2, 0.25) is 5.89 Å². The highest BCUT2D eigenvalue weighted by molar-refractivity contribution is 5.39. The summed E-state index contributed by atoms with van der Waals surface area (Å²) in [5, 5.41) is 3.98. The summed E-state index contributed by atoms with van der Waals surface area (Å²) in [5.41, 5.74) is 7.66. The van der Waals surface area contributed by atoms with Crippen LogP contribution in [0.15, 0.2) is 28.8 Å². The van der Waals surface area contributed by atoms with Crippen molar-refractivity contribution in [3.63, 3.8) is 0 Å². The zero-order valence-electron chi connectivity index (χ0n) is 10.9. The zero-order valence-corrected chi connectivity index (χ0v) is 10.9. The van der Waals surface area contributed by atoms with Gasteiger partial charge in [-0.15, -0.1) is 0 Å². The topological polar surface area (TPSA) is 64.9 Å². The maximum absolute atomic E-state index is 5.64. The minimum atomic E-state index is 0.549. The number of aryl methyl sites for hydroxylation is 2. The third-order valence-electron chi connectivity index (χ3n) is 2.71. The molecule has 1 heterocycles. The van der Waals surface area contributed by atoms with Crippen molar-refractivity contribution in [3.05, 3.63) is 41.5 Å². The van der Waals surface area contributed by atoms with E-state index in [-0.39, 0.29) is 0 Å². The predicted molar refractivity (Wildman–Crippen MR) is 71.1 cm³/mol.